The fourth-order valence-electron chi connectivity index (χ4n) is 3.35. The van der Waals surface area contributed by atoms with Crippen LogP contribution in [0.2, 0.25) is 0 Å². The third-order valence-electron chi connectivity index (χ3n) is 5.42. The van der Waals surface area contributed by atoms with Crippen LogP contribution in [0.15, 0.2) is 17.0 Å². The number of sulfonamides is 1. The van der Waals surface area contributed by atoms with Crippen LogP contribution < -0.4 is 0 Å². The van der Waals surface area contributed by atoms with Crippen molar-refractivity contribution in [1.82, 2.24) is 9.21 Å². The van der Waals surface area contributed by atoms with Crippen LogP contribution >= 0.6 is 0 Å². The zero-order valence-electron chi connectivity index (χ0n) is 17.1. The SMILES string of the molecule is COCCCN(C)C(=O)c1cc(C)c(C)c(S(=O)(=O)N2CCC(C)CC2)c1. The van der Waals surface area contributed by atoms with Crippen molar-refractivity contribution in [2.24, 2.45) is 5.92 Å². The molecule has 0 aliphatic carbocycles. The Labute approximate surface area is 163 Å². The van der Waals surface area contributed by atoms with Gasteiger partial charge in [-0.1, -0.05) is 6.92 Å². The van der Waals surface area contributed by atoms with Gasteiger partial charge >= 0.3 is 0 Å². The molecule has 0 aromatic heterocycles. The van der Waals surface area contributed by atoms with Gasteiger partial charge < -0.3 is 9.64 Å². The molecule has 0 atom stereocenters. The minimum atomic E-state index is -3.60. The smallest absolute Gasteiger partial charge is 0.253 e. The average Bonchev–Trinajstić information content (AvgIpc) is 2.63. The third-order valence-corrected chi connectivity index (χ3v) is 7.44. The second-order valence-corrected chi connectivity index (χ2v) is 9.48. The van der Waals surface area contributed by atoms with Crippen LogP contribution in [0.5, 0.6) is 0 Å². The van der Waals surface area contributed by atoms with Crippen LogP contribution in [0.1, 0.15) is 47.7 Å². The van der Waals surface area contributed by atoms with E-state index < -0.39 is 10.0 Å². The van der Waals surface area contributed by atoms with Crippen LogP contribution in [0.4, 0.5) is 0 Å². The van der Waals surface area contributed by atoms with E-state index in [9.17, 15) is 13.2 Å². The summed E-state index contributed by atoms with van der Waals surface area (Å²) >= 11 is 0. The Hall–Kier alpha value is -1.44. The zero-order chi connectivity index (χ0) is 20.2. The second kappa shape index (κ2) is 9.17. The highest BCUT2D eigenvalue weighted by molar-refractivity contribution is 7.89. The predicted octanol–water partition coefficient (Wildman–Crippen LogP) is 2.83. The largest absolute Gasteiger partial charge is 0.385 e. The van der Waals surface area contributed by atoms with E-state index >= 15 is 0 Å². The van der Waals surface area contributed by atoms with Crippen molar-refractivity contribution >= 4 is 15.9 Å². The Morgan fingerprint density at radius 1 is 1.26 bits per heavy atom. The van der Waals surface area contributed by atoms with E-state index in [1.165, 1.54) is 0 Å². The van der Waals surface area contributed by atoms with Crippen molar-refractivity contribution in [3.63, 3.8) is 0 Å². The van der Waals surface area contributed by atoms with Crippen LogP contribution in [-0.2, 0) is 14.8 Å². The maximum atomic E-state index is 13.2. The van der Waals surface area contributed by atoms with E-state index in [2.05, 4.69) is 6.92 Å². The number of benzene rings is 1. The summed E-state index contributed by atoms with van der Waals surface area (Å²) in [5.74, 6) is 0.380. The number of piperidine rings is 1. The van der Waals surface area contributed by atoms with Gasteiger partial charge in [-0.05, 0) is 62.3 Å². The average molecular weight is 397 g/mol. The molecule has 27 heavy (non-hydrogen) atoms. The number of hydrogen-bond acceptors (Lipinski definition) is 4. The van der Waals surface area contributed by atoms with Crippen LogP contribution in [0.25, 0.3) is 0 Å². The molecule has 1 aliphatic heterocycles. The van der Waals surface area contributed by atoms with E-state index in [0.717, 1.165) is 24.8 Å². The molecule has 1 heterocycles. The van der Waals surface area contributed by atoms with Gasteiger partial charge in [-0.3, -0.25) is 4.79 Å². The van der Waals surface area contributed by atoms with Gasteiger partial charge in [-0.25, -0.2) is 8.42 Å². The molecule has 1 amide bonds. The maximum absolute atomic E-state index is 13.2. The summed E-state index contributed by atoms with van der Waals surface area (Å²) < 4.78 is 33.0. The van der Waals surface area contributed by atoms with Crippen molar-refractivity contribution in [3.05, 3.63) is 28.8 Å². The normalized spacial score (nSPS) is 16.5. The molecular weight excluding hydrogens is 364 g/mol. The van der Waals surface area contributed by atoms with Gasteiger partial charge in [0, 0.05) is 46.0 Å². The summed E-state index contributed by atoms with van der Waals surface area (Å²) in [5.41, 5.74) is 1.95. The molecule has 1 aromatic carbocycles. The number of rotatable bonds is 7. The number of carbonyl (C=O) groups excluding carboxylic acids is 1. The molecule has 2 rings (SSSR count). The number of amides is 1. The van der Waals surface area contributed by atoms with Gasteiger partial charge in [0.25, 0.3) is 5.91 Å². The first kappa shape index (κ1) is 21.9. The van der Waals surface area contributed by atoms with Crippen molar-refractivity contribution < 1.29 is 17.9 Å². The highest BCUT2D eigenvalue weighted by Gasteiger charge is 2.30. The van der Waals surface area contributed by atoms with Crippen molar-refractivity contribution in [3.8, 4) is 0 Å². The molecule has 152 valence electrons. The molecule has 0 bridgehead atoms. The van der Waals surface area contributed by atoms with Gasteiger partial charge in [0.05, 0.1) is 4.90 Å². The molecule has 7 heteroatoms. The first-order valence-electron chi connectivity index (χ1n) is 9.54. The standard InChI is InChI=1S/C20H32N2O4S/c1-15-7-10-22(11-8-15)27(24,25)19-14-18(13-16(2)17(19)3)20(23)21(4)9-6-12-26-5/h13-15H,6-12H2,1-5H3. The number of ether oxygens (including phenoxy) is 1. The lowest BCUT2D eigenvalue weighted by Gasteiger charge is -2.30. The Bertz CT molecular complexity index is 768. The predicted molar refractivity (Wildman–Crippen MR) is 107 cm³/mol. The maximum Gasteiger partial charge on any atom is 0.253 e. The molecule has 1 aliphatic rings. The van der Waals surface area contributed by atoms with Crippen LogP contribution in [0.3, 0.4) is 0 Å². The van der Waals surface area contributed by atoms with E-state index in [1.807, 2.05) is 13.8 Å². The summed E-state index contributed by atoms with van der Waals surface area (Å²) in [6.45, 7) is 8.04. The number of hydrogen-bond donors (Lipinski definition) is 0. The van der Waals surface area contributed by atoms with Gasteiger partial charge in [-0.15, -0.1) is 0 Å². The Kier molecular flexibility index (Phi) is 7.42. The molecule has 1 saturated heterocycles. The number of nitrogens with zero attached hydrogens (tertiary/aromatic N) is 2. The van der Waals surface area contributed by atoms with Gasteiger partial charge in [-0.2, -0.15) is 4.31 Å². The lowest BCUT2D eigenvalue weighted by Crippen LogP contribution is -2.38. The zero-order valence-corrected chi connectivity index (χ0v) is 17.9. The lowest BCUT2D eigenvalue weighted by molar-refractivity contribution is 0.0779. The van der Waals surface area contributed by atoms with Crippen LogP contribution in [0, 0.1) is 19.8 Å². The summed E-state index contributed by atoms with van der Waals surface area (Å²) in [6.07, 6.45) is 2.48. The summed E-state index contributed by atoms with van der Waals surface area (Å²) in [7, 11) is -0.241. The molecular formula is C20H32N2O4S. The van der Waals surface area contributed by atoms with Crippen molar-refractivity contribution in [2.45, 2.75) is 44.9 Å². The topological polar surface area (TPSA) is 66.9 Å². The monoisotopic (exact) mass is 396 g/mol. The van der Waals surface area contributed by atoms with E-state index in [1.54, 1.807) is 35.5 Å². The van der Waals surface area contributed by atoms with E-state index in [-0.39, 0.29) is 10.8 Å². The highest BCUT2D eigenvalue weighted by atomic mass is 32.2. The number of carbonyl (C=O) groups is 1. The highest BCUT2D eigenvalue weighted by Crippen LogP contribution is 2.28. The number of aryl methyl sites for hydroxylation is 1. The molecule has 0 N–H and O–H groups in total. The lowest BCUT2D eigenvalue weighted by atomic mass is 10.0. The van der Waals surface area contributed by atoms with Gasteiger partial charge in [0.1, 0.15) is 0 Å². The summed E-state index contributed by atoms with van der Waals surface area (Å²) in [6, 6.07) is 3.33. The summed E-state index contributed by atoms with van der Waals surface area (Å²) in [4.78, 5) is 14.6. The van der Waals surface area contributed by atoms with E-state index in [0.29, 0.717) is 43.3 Å². The fraction of sp³-hybridized carbons (Fsp3) is 0.650. The molecule has 0 spiro atoms. The Morgan fingerprint density at radius 3 is 2.48 bits per heavy atom. The van der Waals surface area contributed by atoms with Crippen LogP contribution in [-0.4, -0.2) is 63.9 Å². The minimum absolute atomic E-state index is 0.169. The summed E-state index contributed by atoms with van der Waals surface area (Å²) in [5, 5.41) is 0. The van der Waals surface area contributed by atoms with E-state index in [4.69, 9.17) is 4.74 Å². The Morgan fingerprint density at radius 2 is 1.89 bits per heavy atom. The molecule has 0 saturated carbocycles. The molecule has 1 aromatic rings. The van der Waals surface area contributed by atoms with Crippen molar-refractivity contribution in [1.29, 1.82) is 0 Å². The second-order valence-electron chi connectivity index (χ2n) is 7.58. The molecule has 0 unspecified atom stereocenters. The van der Waals surface area contributed by atoms with Crippen molar-refractivity contribution in [2.75, 3.05) is 40.4 Å². The fourth-order valence-corrected chi connectivity index (χ4v) is 5.14. The first-order chi connectivity index (χ1) is 12.7. The third kappa shape index (κ3) is 5.09. The van der Waals surface area contributed by atoms with Gasteiger partial charge in [0.15, 0.2) is 0 Å². The van der Waals surface area contributed by atoms with Gasteiger partial charge in [0.2, 0.25) is 10.0 Å². The molecule has 6 nitrogen and oxygen atoms in total. The quantitative estimate of drug-likeness (QED) is 0.665. The Balaban J connectivity index is 2.31. The molecule has 1 fully saturated rings. The number of methoxy groups -OCH3 is 1. The molecule has 0 radical (unpaired) electrons. The first-order valence-corrected chi connectivity index (χ1v) is 11.0. The minimum Gasteiger partial charge on any atom is -0.385 e.